The van der Waals surface area contributed by atoms with E-state index in [9.17, 15) is 8.78 Å². The van der Waals surface area contributed by atoms with E-state index in [4.69, 9.17) is 4.74 Å². The van der Waals surface area contributed by atoms with Crippen molar-refractivity contribution in [2.45, 2.75) is 19.3 Å². The number of aryl methyl sites for hydroxylation is 1. The van der Waals surface area contributed by atoms with Crippen LogP contribution in [-0.4, -0.2) is 37.1 Å². The number of nitrogens with zero attached hydrogens (tertiary/aromatic N) is 1. The number of rotatable bonds is 4. The Morgan fingerprint density at radius 3 is 2.89 bits per heavy atom. The molecule has 0 unspecified atom stereocenters. The van der Waals surface area contributed by atoms with E-state index in [1.54, 1.807) is 4.90 Å². The van der Waals surface area contributed by atoms with Gasteiger partial charge in [-0.05, 0) is 40.5 Å². The molecule has 0 radical (unpaired) electrons. The Bertz CT molecular complexity index is 425. The first-order valence-electron chi connectivity index (χ1n) is 5.95. The van der Waals surface area contributed by atoms with Gasteiger partial charge in [-0.3, -0.25) is 4.90 Å². The molecule has 0 N–H and O–H groups in total. The molecule has 0 aliphatic carbocycles. The van der Waals surface area contributed by atoms with Crippen molar-refractivity contribution in [3.63, 3.8) is 0 Å². The minimum atomic E-state index is -2.52. The second kappa shape index (κ2) is 5.53. The van der Waals surface area contributed by atoms with Gasteiger partial charge in [-0.2, -0.15) is 0 Å². The van der Waals surface area contributed by atoms with Crippen LogP contribution in [0.25, 0.3) is 0 Å². The number of hydrogen-bond acceptors (Lipinski definition) is 2. The van der Waals surface area contributed by atoms with Crippen molar-refractivity contribution in [3.8, 4) is 5.75 Å². The van der Waals surface area contributed by atoms with E-state index in [1.807, 2.05) is 25.1 Å². The van der Waals surface area contributed by atoms with Crippen LogP contribution in [0.2, 0.25) is 0 Å². The predicted octanol–water partition coefficient (Wildman–Crippen LogP) is 3.48. The lowest BCUT2D eigenvalue weighted by molar-refractivity contribution is 0.0113. The van der Waals surface area contributed by atoms with Gasteiger partial charge in [0.05, 0.1) is 11.0 Å². The summed E-state index contributed by atoms with van der Waals surface area (Å²) in [6.45, 7) is 3.26. The van der Waals surface area contributed by atoms with E-state index >= 15 is 0 Å². The fraction of sp³-hybridized carbons (Fsp3) is 0.538. The zero-order chi connectivity index (χ0) is 13.2. The van der Waals surface area contributed by atoms with E-state index in [1.165, 1.54) is 0 Å². The number of hydrogen-bond donors (Lipinski definition) is 0. The van der Waals surface area contributed by atoms with E-state index in [0.29, 0.717) is 19.7 Å². The third-order valence-corrected chi connectivity index (χ3v) is 3.66. The minimum absolute atomic E-state index is 0.0405. The number of likely N-dealkylation sites (tertiary alicyclic amines) is 1. The highest BCUT2D eigenvalue weighted by molar-refractivity contribution is 9.10. The maximum atomic E-state index is 13.0. The highest BCUT2D eigenvalue weighted by Crippen LogP contribution is 2.27. The summed E-state index contributed by atoms with van der Waals surface area (Å²) in [5.74, 6) is -1.76. The third kappa shape index (κ3) is 3.65. The Hall–Kier alpha value is -0.680. The average Bonchev–Trinajstić information content (AvgIpc) is 2.63. The van der Waals surface area contributed by atoms with Crippen molar-refractivity contribution in [2.75, 3.05) is 26.2 Å². The highest BCUT2D eigenvalue weighted by atomic mass is 79.9. The van der Waals surface area contributed by atoms with Crippen molar-refractivity contribution >= 4 is 15.9 Å². The Balaban J connectivity index is 1.80. The molecule has 0 amide bonds. The second-order valence-corrected chi connectivity index (χ2v) is 5.52. The monoisotopic (exact) mass is 319 g/mol. The smallest absolute Gasteiger partial charge is 0.261 e. The summed E-state index contributed by atoms with van der Waals surface area (Å²) in [5.41, 5.74) is 1.11. The standard InChI is InChI=1S/C13H16BrF2NO/c1-10-2-3-11(14)12(8-10)18-7-6-17-5-4-13(15,16)9-17/h2-3,8H,4-7,9H2,1H3. The number of ether oxygens (including phenoxy) is 1. The molecule has 1 aliphatic rings. The molecule has 100 valence electrons. The molecule has 1 saturated heterocycles. The lowest BCUT2D eigenvalue weighted by atomic mass is 10.2. The molecule has 0 saturated carbocycles. The van der Waals surface area contributed by atoms with Gasteiger partial charge in [-0.1, -0.05) is 6.07 Å². The van der Waals surface area contributed by atoms with Crippen LogP contribution in [0.4, 0.5) is 8.78 Å². The fourth-order valence-corrected chi connectivity index (χ4v) is 2.36. The lowest BCUT2D eigenvalue weighted by Crippen LogP contribution is -2.29. The quantitative estimate of drug-likeness (QED) is 0.842. The average molecular weight is 320 g/mol. The molecule has 0 spiro atoms. The number of benzene rings is 1. The van der Waals surface area contributed by atoms with Crippen LogP contribution < -0.4 is 4.74 Å². The summed E-state index contributed by atoms with van der Waals surface area (Å²) in [5, 5.41) is 0. The molecule has 0 bridgehead atoms. The molecule has 18 heavy (non-hydrogen) atoms. The topological polar surface area (TPSA) is 12.5 Å². The molecule has 2 rings (SSSR count). The van der Waals surface area contributed by atoms with Gasteiger partial charge in [0.25, 0.3) is 5.92 Å². The normalized spacial score (nSPS) is 19.1. The van der Waals surface area contributed by atoms with Crippen LogP contribution >= 0.6 is 15.9 Å². The molecule has 0 atom stereocenters. The summed E-state index contributed by atoms with van der Waals surface area (Å²) < 4.78 is 32.4. The molecule has 1 aromatic rings. The lowest BCUT2D eigenvalue weighted by Gasteiger charge is -2.16. The van der Waals surface area contributed by atoms with Gasteiger partial charge in [0.1, 0.15) is 12.4 Å². The largest absolute Gasteiger partial charge is 0.491 e. The van der Waals surface area contributed by atoms with Gasteiger partial charge < -0.3 is 4.74 Å². The Morgan fingerprint density at radius 2 is 2.22 bits per heavy atom. The van der Waals surface area contributed by atoms with Crippen LogP contribution in [0.15, 0.2) is 22.7 Å². The second-order valence-electron chi connectivity index (χ2n) is 4.66. The fourth-order valence-electron chi connectivity index (χ4n) is 2.00. The Kier molecular flexibility index (Phi) is 4.22. The molecular weight excluding hydrogens is 304 g/mol. The summed E-state index contributed by atoms with van der Waals surface area (Å²) >= 11 is 3.40. The number of alkyl halides is 2. The first-order chi connectivity index (χ1) is 8.46. The van der Waals surface area contributed by atoms with Gasteiger partial charge >= 0.3 is 0 Å². The van der Waals surface area contributed by atoms with Gasteiger partial charge in [0.15, 0.2) is 0 Å². The van der Waals surface area contributed by atoms with Gasteiger partial charge in [0.2, 0.25) is 0 Å². The van der Waals surface area contributed by atoms with Crippen LogP contribution in [0.5, 0.6) is 5.75 Å². The van der Waals surface area contributed by atoms with Crippen molar-refractivity contribution in [1.82, 2.24) is 4.90 Å². The van der Waals surface area contributed by atoms with Crippen molar-refractivity contribution in [3.05, 3.63) is 28.2 Å². The maximum absolute atomic E-state index is 13.0. The van der Waals surface area contributed by atoms with Crippen molar-refractivity contribution in [2.24, 2.45) is 0 Å². The predicted molar refractivity (Wildman–Crippen MR) is 70.4 cm³/mol. The molecule has 0 aromatic heterocycles. The van der Waals surface area contributed by atoms with Gasteiger partial charge in [-0.15, -0.1) is 0 Å². The van der Waals surface area contributed by atoms with E-state index < -0.39 is 5.92 Å². The summed E-state index contributed by atoms with van der Waals surface area (Å²) in [7, 11) is 0. The summed E-state index contributed by atoms with van der Waals surface area (Å²) in [6, 6.07) is 5.84. The highest BCUT2D eigenvalue weighted by Gasteiger charge is 2.37. The van der Waals surface area contributed by atoms with Crippen LogP contribution in [0.1, 0.15) is 12.0 Å². The van der Waals surface area contributed by atoms with Gasteiger partial charge in [0, 0.05) is 19.5 Å². The first kappa shape index (κ1) is 13.7. The maximum Gasteiger partial charge on any atom is 0.261 e. The van der Waals surface area contributed by atoms with Crippen molar-refractivity contribution < 1.29 is 13.5 Å². The SMILES string of the molecule is Cc1ccc(Br)c(OCCN2CCC(F)(F)C2)c1. The summed E-state index contributed by atoms with van der Waals surface area (Å²) in [4.78, 5) is 1.74. The third-order valence-electron chi connectivity index (χ3n) is 3.00. The molecular formula is C13H16BrF2NO. The zero-order valence-corrected chi connectivity index (χ0v) is 11.8. The minimum Gasteiger partial charge on any atom is -0.491 e. The van der Waals surface area contributed by atoms with Crippen LogP contribution in [0, 0.1) is 6.92 Å². The first-order valence-corrected chi connectivity index (χ1v) is 6.75. The molecule has 1 fully saturated rings. The van der Waals surface area contributed by atoms with Crippen LogP contribution in [-0.2, 0) is 0 Å². The van der Waals surface area contributed by atoms with E-state index in [-0.39, 0.29) is 13.0 Å². The van der Waals surface area contributed by atoms with E-state index in [2.05, 4.69) is 15.9 Å². The van der Waals surface area contributed by atoms with Crippen LogP contribution in [0.3, 0.4) is 0 Å². The molecule has 5 heteroatoms. The number of halogens is 3. The molecule has 1 aliphatic heterocycles. The van der Waals surface area contributed by atoms with Gasteiger partial charge in [-0.25, -0.2) is 8.78 Å². The zero-order valence-electron chi connectivity index (χ0n) is 10.3. The Morgan fingerprint density at radius 1 is 1.44 bits per heavy atom. The molecule has 2 nitrogen and oxygen atoms in total. The summed E-state index contributed by atoms with van der Waals surface area (Å²) in [6.07, 6.45) is -0.0405. The van der Waals surface area contributed by atoms with Crippen molar-refractivity contribution in [1.29, 1.82) is 0 Å². The molecule has 1 aromatic carbocycles. The molecule has 1 heterocycles. The van der Waals surface area contributed by atoms with E-state index in [0.717, 1.165) is 15.8 Å². The Labute approximate surface area is 114 Å².